The summed E-state index contributed by atoms with van der Waals surface area (Å²) < 4.78 is 16.7. The van der Waals surface area contributed by atoms with E-state index in [0.717, 1.165) is 10.2 Å². The van der Waals surface area contributed by atoms with Gasteiger partial charge in [0.2, 0.25) is 0 Å². The first-order chi connectivity index (χ1) is 9.03. The lowest BCUT2D eigenvalue weighted by molar-refractivity contribution is -0.120. The summed E-state index contributed by atoms with van der Waals surface area (Å²) in [6, 6.07) is 6.32. The summed E-state index contributed by atoms with van der Waals surface area (Å²) in [5.74, 6) is 0.829. The van der Waals surface area contributed by atoms with Crippen LogP contribution in [-0.4, -0.2) is 33.7 Å². The Bertz CT molecular complexity index is 396. The van der Waals surface area contributed by atoms with Crippen molar-refractivity contribution in [3.8, 4) is 5.75 Å². The molecule has 5 heteroatoms. The number of rotatable bonds is 7. The van der Waals surface area contributed by atoms with Gasteiger partial charge in [-0.25, -0.2) is 0 Å². The first-order valence-electron chi connectivity index (χ1n) is 6.18. The predicted octanol–water partition coefficient (Wildman–Crippen LogP) is 3.12. The highest BCUT2D eigenvalue weighted by Gasteiger charge is 2.18. The molecular weight excluding hydrogens is 310 g/mol. The molecule has 0 bridgehead atoms. The van der Waals surface area contributed by atoms with Crippen LogP contribution in [0.4, 0.5) is 0 Å². The molecule has 0 fully saturated rings. The Morgan fingerprint density at radius 3 is 2.21 bits per heavy atom. The molecule has 19 heavy (non-hydrogen) atoms. The van der Waals surface area contributed by atoms with Crippen LogP contribution >= 0.6 is 15.9 Å². The third-order valence-electron chi connectivity index (χ3n) is 3.06. The second kappa shape index (κ2) is 7.85. The van der Waals surface area contributed by atoms with Crippen LogP contribution in [0.5, 0.6) is 5.75 Å². The van der Waals surface area contributed by atoms with Crippen molar-refractivity contribution >= 4 is 15.9 Å². The molecule has 1 rings (SSSR count). The molecule has 1 aromatic rings. The highest BCUT2D eigenvalue weighted by atomic mass is 79.9. The molecule has 2 atom stereocenters. The van der Waals surface area contributed by atoms with Gasteiger partial charge in [0.1, 0.15) is 5.75 Å². The first kappa shape index (κ1) is 16.4. The van der Waals surface area contributed by atoms with Crippen LogP contribution in [0.1, 0.15) is 25.5 Å². The second-order valence-electron chi connectivity index (χ2n) is 4.41. The van der Waals surface area contributed by atoms with Crippen molar-refractivity contribution in [3.63, 3.8) is 0 Å². The van der Waals surface area contributed by atoms with Crippen LogP contribution in [0.2, 0.25) is 0 Å². The van der Waals surface area contributed by atoms with Crippen molar-refractivity contribution in [2.75, 3.05) is 21.3 Å². The van der Waals surface area contributed by atoms with E-state index in [1.54, 1.807) is 21.3 Å². The van der Waals surface area contributed by atoms with Gasteiger partial charge in [-0.1, -0.05) is 6.07 Å². The Morgan fingerprint density at radius 2 is 1.74 bits per heavy atom. The van der Waals surface area contributed by atoms with E-state index in [9.17, 15) is 0 Å². The molecule has 0 amide bonds. The van der Waals surface area contributed by atoms with Crippen molar-refractivity contribution in [2.45, 2.75) is 32.2 Å². The summed E-state index contributed by atoms with van der Waals surface area (Å²) in [4.78, 5) is 0. The fourth-order valence-electron chi connectivity index (χ4n) is 2.03. The van der Waals surface area contributed by atoms with Crippen LogP contribution in [0, 0.1) is 0 Å². The normalized spacial score (nSPS) is 14.5. The number of methoxy groups -OCH3 is 3. The summed E-state index contributed by atoms with van der Waals surface area (Å²) in [5, 5.41) is 3.45. The molecule has 0 unspecified atom stereocenters. The van der Waals surface area contributed by atoms with E-state index in [4.69, 9.17) is 14.2 Å². The van der Waals surface area contributed by atoms with Gasteiger partial charge in [-0.15, -0.1) is 0 Å². The zero-order valence-corrected chi connectivity index (χ0v) is 13.7. The first-order valence-corrected chi connectivity index (χ1v) is 6.97. The summed E-state index contributed by atoms with van der Waals surface area (Å²) in [5.41, 5.74) is 1.17. The van der Waals surface area contributed by atoms with Crippen molar-refractivity contribution in [1.29, 1.82) is 0 Å². The van der Waals surface area contributed by atoms with E-state index >= 15 is 0 Å². The molecule has 0 aliphatic heterocycles. The number of halogens is 1. The Labute approximate surface area is 123 Å². The standard InChI is InChI=1S/C14H22BrNO3/c1-9(16-10(2)14(18-4)19-5)11-6-7-13(17-3)12(15)8-11/h6-10,14,16H,1-5H3/t9-,10-/m0/s1. The molecule has 0 aliphatic carbocycles. The van der Waals surface area contributed by atoms with E-state index in [0.29, 0.717) is 0 Å². The maximum Gasteiger partial charge on any atom is 0.171 e. The summed E-state index contributed by atoms with van der Waals surface area (Å²) in [6.07, 6.45) is -0.260. The highest BCUT2D eigenvalue weighted by molar-refractivity contribution is 9.10. The smallest absolute Gasteiger partial charge is 0.171 e. The van der Waals surface area contributed by atoms with Gasteiger partial charge >= 0.3 is 0 Å². The van der Waals surface area contributed by atoms with Gasteiger partial charge < -0.3 is 19.5 Å². The number of hydrogen-bond donors (Lipinski definition) is 1. The Kier molecular flexibility index (Phi) is 6.79. The van der Waals surface area contributed by atoms with Gasteiger partial charge in [-0.3, -0.25) is 0 Å². The fourth-order valence-corrected chi connectivity index (χ4v) is 2.58. The van der Waals surface area contributed by atoms with Gasteiger partial charge in [-0.05, 0) is 47.5 Å². The van der Waals surface area contributed by atoms with Gasteiger partial charge in [0, 0.05) is 20.3 Å². The Balaban J connectivity index is 2.72. The van der Waals surface area contributed by atoms with E-state index in [1.165, 1.54) is 5.56 Å². The van der Waals surface area contributed by atoms with Crippen LogP contribution in [0.3, 0.4) is 0 Å². The molecule has 0 spiro atoms. The molecular formula is C14H22BrNO3. The SMILES string of the molecule is COc1ccc([C@H](C)N[C@@H](C)C(OC)OC)cc1Br. The van der Waals surface area contributed by atoms with Gasteiger partial charge in [0.25, 0.3) is 0 Å². The van der Waals surface area contributed by atoms with Gasteiger partial charge in [-0.2, -0.15) is 0 Å². The van der Waals surface area contributed by atoms with E-state index in [2.05, 4.69) is 34.2 Å². The monoisotopic (exact) mass is 331 g/mol. The fraction of sp³-hybridized carbons (Fsp3) is 0.571. The quantitative estimate of drug-likeness (QED) is 0.779. The molecule has 0 saturated heterocycles. The second-order valence-corrected chi connectivity index (χ2v) is 5.27. The van der Waals surface area contributed by atoms with Crippen LogP contribution < -0.4 is 10.1 Å². The molecule has 108 valence electrons. The third-order valence-corrected chi connectivity index (χ3v) is 3.68. The molecule has 1 aromatic carbocycles. The third kappa shape index (κ3) is 4.45. The van der Waals surface area contributed by atoms with E-state index in [-0.39, 0.29) is 18.4 Å². The minimum Gasteiger partial charge on any atom is -0.496 e. The molecule has 0 saturated carbocycles. The van der Waals surface area contributed by atoms with Crippen molar-refractivity contribution in [3.05, 3.63) is 28.2 Å². The summed E-state index contributed by atoms with van der Waals surface area (Å²) in [7, 11) is 4.94. The lowest BCUT2D eigenvalue weighted by Gasteiger charge is -2.26. The zero-order valence-electron chi connectivity index (χ0n) is 12.1. The molecule has 0 radical (unpaired) electrons. The largest absolute Gasteiger partial charge is 0.496 e. The lowest BCUT2D eigenvalue weighted by atomic mass is 10.1. The minimum atomic E-state index is -0.260. The minimum absolute atomic E-state index is 0.0888. The predicted molar refractivity (Wildman–Crippen MR) is 79.5 cm³/mol. The maximum atomic E-state index is 5.24. The van der Waals surface area contributed by atoms with E-state index in [1.807, 2.05) is 19.1 Å². The molecule has 4 nitrogen and oxygen atoms in total. The molecule has 0 aromatic heterocycles. The van der Waals surface area contributed by atoms with Crippen molar-refractivity contribution in [1.82, 2.24) is 5.32 Å². The number of hydrogen-bond acceptors (Lipinski definition) is 4. The van der Waals surface area contributed by atoms with Gasteiger partial charge in [0.15, 0.2) is 6.29 Å². The van der Waals surface area contributed by atoms with Crippen molar-refractivity contribution < 1.29 is 14.2 Å². The Hall–Kier alpha value is -0.620. The number of ether oxygens (including phenoxy) is 3. The van der Waals surface area contributed by atoms with Crippen LogP contribution in [-0.2, 0) is 9.47 Å². The van der Waals surface area contributed by atoms with Crippen LogP contribution in [0.15, 0.2) is 22.7 Å². The molecule has 1 N–H and O–H groups in total. The zero-order chi connectivity index (χ0) is 14.4. The topological polar surface area (TPSA) is 39.7 Å². The van der Waals surface area contributed by atoms with Crippen LogP contribution in [0.25, 0.3) is 0 Å². The van der Waals surface area contributed by atoms with E-state index < -0.39 is 0 Å². The summed E-state index contributed by atoms with van der Waals surface area (Å²) in [6.45, 7) is 4.14. The summed E-state index contributed by atoms with van der Waals surface area (Å²) >= 11 is 3.50. The molecule has 0 heterocycles. The highest BCUT2D eigenvalue weighted by Crippen LogP contribution is 2.28. The molecule has 0 aliphatic rings. The maximum absolute atomic E-state index is 5.24. The number of benzene rings is 1. The van der Waals surface area contributed by atoms with Crippen molar-refractivity contribution in [2.24, 2.45) is 0 Å². The average Bonchev–Trinajstić information content (AvgIpc) is 2.39. The van der Waals surface area contributed by atoms with Gasteiger partial charge in [0.05, 0.1) is 17.6 Å². The Morgan fingerprint density at radius 1 is 1.11 bits per heavy atom. The lowest BCUT2D eigenvalue weighted by Crippen LogP contribution is -2.40. The average molecular weight is 332 g/mol. The number of nitrogens with one attached hydrogen (secondary N) is 1.